The van der Waals surface area contributed by atoms with Crippen molar-refractivity contribution >= 4 is 33.7 Å². The lowest BCUT2D eigenvalue weighted by molar-refractivity contribution is -0.148. The fourth-order valence-corrected chi connectivity index (χ4v) is 2.91. The number of hydrogen-bond acceptors (Lipinski definition) is 4. The monoisotopic (exact) mass is 466 g/mol. The minimum absolute atomic E-state index is 0.0492. The Bertz CT molecular complexity index is 1020. The standard InChI is InChI=1S/C23H19BrN2O4/c24-20-12-10-19(11-13-20)23(29)26-25-21(27)15-30-22(28)14-16-6-8-18(9-7-16)17-4-2-1-3-5-17/h1-13H,14-15H2,(H,25,27)(H,26,29). The van der Waals surface area contributed by atoms with Gasteiger partial charge in [-0.1, -0.05) is 70.5 Å². The normalized spacial score (nSPS) is 10.2. The number of amides is 2. The predicted octanol–water partition coefficient (Wildman–Crippen LogP) is 3.66. The smallest absolute Gasteiger partial charge is 0.310 e. The number of benzene rings is 3. The molecule has 0 aliphatic heterocycles. The van der Waals surface area contributed by atoms with Gasteiger partial charge in [-0.05, 0) is 41.0 Å². The van der Waals surface area contributed by atoms with Crippen molar-refractivity contribution in [1.82, 2.24) is 10.9 Å². The Morgan fingerprint density at radius 3 is 2.07 bits per heavy atom. The quantitative estimate of drug-likeness (QED) is 0.428. The fraction of sp³-hybridized carbons (Fsp3) is 0.0870. The van der Waals surface area contributed by atoms with Crippen LogP contribution in [0.4, 0.5) is 0 Å². The van der Waals surface area contributed by atoms with Crippen LogP contribution in [0.3, 0.4) is 0 Å². The summed E-state index contributed by atoms with van der Waals surface area (Å²) in [6.45, 7) is -0.485. The van der Waals surface area contributed by atoms with E-state index < -0.39 is 24.4 Å². The third-order valence-corrected chi connectivity index (χ3v) is 4.72. The number of carbonyl (C=O) groups excluding carboxylic acids is 3. The van der Waals surface area contributed by atoms with Crippen molar-refractivity contribution in [3.63, 3.8) is 0 Å². The van der Waals surface area contributed by atoms with Gasteiger partial charge in [0.15, 0.2) is 6.61 Å². The molecular formula is C23H19BrN2O4. The van der Waals surface area contributed by atoms with Crippen LogP contribution in [0.2, 0.25) is 0 Å². The zero-order chi connectivity index (χ0) is 21.3. The topological polar surface area (TPSA) is 84.5 Å². The van der Waals surface area contributed by atoms with E-state index in [2.05, 4.69) is 26.8 Å². The summed E-state index contributed by atoms with van der Waals surface area (Å²) in [4.78, 5) is 35.7. The summed E-state index contributed by atoms with van der Waals surface area (Å²) in [7, 11) is 0. The van der Waals surface area contributed by atoms with Gasteiger partial charge < -0.3 is 4.74 Å². The molecule has 0 saturated heterocycles. The molecule has 152 valence electrons. The van der Waals surface area contributed by atoms with E-state index in [1.54, 1.807) is 24.3 Å². The first-order valence-electron chi connectivity index (χ1n) is 9.16. The highest BCUT2D eigenvalue weighted by molar-refractivity contribution is 9.10. The second kappa shape index (κ2) is 10.4. The first kappa shape index (κ1) is 21.3. The fourth-order valence-electron chi connectivity index (χ4n) is 2.65. The Morgan fingerprint density at radius 1 is 0.767 bits per heavy atom. The van der Waals surface area contributed by atoms with E-state index in [1.807, 2.05) is 54.6 Å². The second-order valence-corrected chi connectivity index (χ2v) is 7.33. The summed E-state index contributed by atoms with van der Waals surface area (Å²) in [6, 6.07) is 24.1. The van der Waals surface area contributed by atoms with Gasteiger partial charge in [0.1, 0.15) is 0 Å². The molecule has 3 aromatic rings. The van der Waals surface area contributed by atoms with E-state index >= 15 is 0 Å². The zero-order valence-corrected chi connectivity index (χ0v) is 17.5. The number of esters is 1. The van der Waals surface area contributed by atoms with Crippen molar-refractivity contribution in [1.29, 1.82) is 0 Å². The maximum absolute atomic E-state index is 12.0. The van der Waals surface area contributed by atoms with Crippen LogP contribution in [-0.2, 0) is 20.7 Å². The second-order valence-electron chi connectivity index (χ2n) is 6.41. The van der Waals surface area contributed by atoms with Gasteiger partial charge in [-0.2, -0.15) is 0 Å². The Kier molecular flexibility index (Phi) is 7.34. The van der Waals surface area contributed by atoms with Crippen LogP contribution in [-0.4, -0.2) is 24.4 Å². The lowest BCUT2D eigenvalue weighted by atomic mass is 10.0. The van der Waals surface area contributed by atoms with Crippen LogP contribution in [0.15, 0.2) is 83.3 Å². The Morgan fingerprint density at radius 2 is 1.40 bits per heavy atom. The maximum atomic E-state index is 12.0. The van der Waals surface area contributed by atoms with Gasteiger partial charge in [-0.15, -0.1) is 0 Å². The molecule has 30 heavy (non-hydrogen) atoms. The van der Waals surface area contributed by atoms with Crippen LogP contribution < -0.4 is 10.9 Å². The highest BCUT2D eigenvalue weighted by atomic mass is 79.9. The van der Waals surface area contributed by atoms with Crippen LogP contribution in [0.25, 0.3) is 11.1 Å². The number of nitrogens with one attached hydrogen (secondary N) is 2. The van der Waals surface area contributed by atoms with E-state index in [0.29, 0.717) is 5.56 Å². The van der Waals surface area contributed by atoms with Gasteiger partial charge in [0, 0.05) is 10.0 Å². The molecular weight excluding hydrogens is 448 g/mol. The Balaban J connectivity index is 1.41. The average Bonchev–Trinajstić information content (AvgIpc) is 2.77. The van der Waals surface area contributed by atoms with E-state index in [9.17, 15) is 14.4 Å². The molecule has 2 N–H and O–H groups in total. The molecule has 7 heteroatoms. The molecule has 0 aromatic heterocycles. The number of hydrazine groups is 1. The van der Waals surface area contributed by atoms with Crippen LogP contribution >= 0.6 is 15.9 Å². The molecule has 0 aliphatic carbocycles. The molecule has 0 aliphatic rings. The van der Waals surface area contributed by atoms with Gasteiger partial charge in [-0.3, -0.25) is 25.2 Å². The first-order chi connectivity index (χ1) is 14.5. The summed E-state index contributed by atoms with van der Waals surface area (Å²) >= 11 is 3.28. The number of halogens is 1. The summed E-state index contributed by atoms with van der Waals surface area (Å²) in [5.41, 5.74) is 7.79. The molecule has 6 nitrogen and oxygen atoms in total. The average molecular weight is 467 g/mol. The van der Waals surface area contributed by atoms with Gasteiger partial charge >= 0.3 is 5.97 Å². The van der Waals surface area contributed by atoms with E-state index in [4.69, 9.17) is 4.74 Å². The molecule has 0 bridgehead atoms. The van der Waals surface area contributed by atoms with Gasteiger partial charge in [0.2, 0.25) is 0 Å². The zero-order valence-electron chi connectivity index (χ0n) is 15.9. The number of rotatable bonds is 6. The Labute approximate surface area is 182 Å². The number of carbonyl (C=O) groups is 3. The SMILES string of the molecule is O=C(COC(=O)Cc1ccc(-c2ccccc2)cc1)NNC(=O)c1ccc(Br)cc1. The third kappa shape index (κ3) is 6.28. The van der Waals surface area contributed by atoms with Crippen molar-refractivity contribution in [2.75, 3.05) is 6.61 Å². The van der Waals surface area contributed by atoms with Crippen molar-refractivity contribution in [2.45, 2.75) is 6.42 Å². The van der Waals surface area contributed by atoms with E-state index in [-0.39, 0.29) is 6.42 Å². The highest BCUT2D eigenvalue weighted by Crippen LogP contribution is 2.19. The molecule has 0 fully saturated rings. The minimum atomic E-state index is -0.631. The van der Waals surface area contributed by atoms with Crippen molar-refractivity contribution in [2.24, 2.45) is 0 Å². The lowest BCUT2D eigenvalue weighted by Gasteiger charge is -2.08. The molecule has 0 spiro atoms. The van der Waals surface area contributed by atoms with Crippen molar-refractivity contribution in [3.8, 4) is 11.1 Å². The molecule has 0 saturated carbocycles. The largest absolute Gasteiger partial charge is 0.455 e. The van der Waals surface area contributed by atoms with Crippen LogP contribution in [0.1, 0.15) is 15.9 Å². The van der Waals surface area contributed by atoms with Gasteiger partial charge in [0.25, 0.3) is 11.8 Å². The van der Waals surface area contributed by atoms with Crippen molar-refractivity contribution < 1.29 is 19.1 Å². The summed E-state index contributed by atoms with van der Waals surface area (Å²) in [5.74, 6) is -1.63. The van der Waals surface area contributed by atoms with E-state index in [1.165, 1.54) is 0 Å². The first-order valence-corrected chi connectivity index (χ1v) is 9.95. The Hall–Kier alpha value is -3.45. The van der Waals surface area contributed by atoms with Crippen LogP contribution in [0.5, 0.6) is 0 Å². The van der Waals surface area contributed by atoms with Crippen LogP contribution in [0, 0.1) is 0 Å². The number of hydrogen-bond donors (Lipinski definition) is 2. The predicted molar refractivity (Wildman–Crippen MR) is 116 cm³/mol. The van der Waals surface area contributed by atoms with E-state index in [0.717, 1.165) is 21.2 Å². The molecule has 0 radical (unpaired) electrons. The summed E-state index contributed by atoms with van der Waals surface area (Å²) in [5, 5.41) is 0. The summed E-state index contributed by atoms with van der Waals surface area (Å²) < 4.78 is 5.81. The molecule has 0 atom stereocenters. The summed E-state index contributed by atoms with van der Waals surface area (Å²) in [6.07, 6.45) is 0.0492. The third-order valence-electron chi connectivity index (χ3n) is 4.20. The molecule has 0 unspecified atom stereocenters. The molecule has 0 heterocycles. The number of ether oxygens (including phenoxy) is 1. The molecule has 3 rings (SSSR count). The lowest BCUT2D eigenvalue weighted by Crippen LogP contribution is -2.43. The molecule has 2 amide bonds. The maximum Gasteiger partial charge on any atom is 0.310 e. The molecule has 3 aromatic carbocycles. The highest BCUT2D eigenvalue weighted by Gasteiger charge is 2.11. The van der Waals surface area contributed by atoms with Crippen molar-refractivity contribution in [3.05, 3.63) is 94.5 Å². The minimum Gasteiger partial charge on any atom is -0.455 e. The van der Waals surface area contributed by atoms with Gasteiger partial charge in [0.05, 0.1) is 6.42 Å². The van der Waals surface area contributed by atoms with Gasteiger partial charge in [-0.25, -0.2) is 0 Å².